The van der Waals surface area contributed by atoms with Gasteiger partial charge in [0, 0.05) is 17.7 Å². The van der Waals surface area contributed by atoms with Gasteiger partial charge in [-0.1, -0.05) is 32.8 Å². The van der Waals surface area contributed by atoms with Crippen molar-refractivity contribution in [3.63, 3.8) is 0 Å². The first kappa shape index (κ1) is 13.1. The molecule has 1 aromatic carbocycles. The SMILES string of the molecule is CCCC(C)CC(N)c1ccc(F)cc1F. The van der Waals surface area contributed by atoms with Gasteiger partial charge in [0.15, 0.2) is 0 Å². The van der Waals surface area contributed by atoms with Gasteiger partial charge in [0.1, 0.15) is 11.6 Å². The molecule has 90 valence electrons. The van der Waals surface area contributed by atoms with Crippen LogP contribution in [0.2, 0.25) is 0 Å². The molecular weight excluding hydrogens is 208 g/mol. The molecule has 16 heavy (non-hydrogen) atoms. The largest absolute Gasteiger partial charge is 0.324 e. The normalized spacial score (nSPS) is 14.8. The van der Waals surface area contributed by atoms with Crippen molar-refractivity contribution in [1.82, 2.24) is 0 Å². The summed E-state index contributed by atoms with van der Waals surface area (Å²) in [4.78, 5) is 0. The molecule has 0 bridgehead atoms. The van der Waals surface area contributed by atoms with E-state index in [1.54, 1.807) is 0 Å². The van der Waals surface area contributed by atoms with Crippen LogP contribution in [0.4, 0.5) is 8.78 Å². The van der Waals surface area contributed by atoms with Crippen molar-refractivity contribution in [3.05, 3.63) is 35.4 Å². The molecule has 0 heterocycles. The lowest BCUT2D eigenvalue weighted by Crippen LogP contribution is -2.15. The molecule has 0 radical (unpaired) electrons. The molecule has 0 saturated carbocycles. The van der Waals surface area contributed by atoms with E-state index in [1.807, 2.05) is 0 Å². The molecule has 0 aliphatic heterocycles. The predicted molar refractivity (Wildman–Crippen MR) is 62.0 cm³/mol. The topological polar surface area (TPSA) is 26.0 Å². The van der Waals surface area contributed by atoms with E-state index in [2.05, 4.69) is 13.8 Å². The van der Waals surface area contributed by atoms with Crippen molar-refractivity contribution in [3.8, 4) is 0 Å². The Kier molecular flexibility index (Phi) is 4.87. The molecule has 0 saturated heterocycles. The Morgan fingerprint density at radius 2 is 2.00 bits per heavy atom. The third-order valence-corrected chi connectivity index (χ3v) is 2.80. The Morgan fingerprint density at radius 3 is 2.56 bits per heavy atom. The lowest BCUT2D eigenvalue weighted by molar-refractivity contribution is 0.430. The molecule has 1 rings (SSSR count). The third-order valence-electron chi connectivity index (χ3n) is 2.80. The first-order chi connectivity index (χ1) is 7.54. The fourth-order valence-electron chi connectivity index (χ4n) is 1.97. The minimum atomic E-state index is -0.560. The van der Waals surface area contributed by atoms with Gasteiger partial charge in [-0.2, -0.15) is 0 Å². The van der Waals surface area contributed by atoms with Crippen LogP contribution in [-0.4, -0.2) is 0 Å². The van der Waals surface area contributed by atoms with Crippen molar-refractivity contribution in [2.24, 2.45) is 11.7 Å². The second-order valence-electron chi connectivity index (χ2n) is 4.40. The van der Waals surface area contributed by atoms with Gasteiger partial charge in [-0.15, -0.1) is 0 Å². The van der Waals surface area contributed by atoms with Crippen LogP contribution >= 0.6 is 0 Å². The zero-order valence-electron chi connectivity index (χ0n) is 9.84. The molecule has 0 spiro atoms. The molecule has 0 aliphatic rings. The number of hydrogen-bond donors (Lipinski definition) is 1. The second kappa shape index (κ2) is 5.94. The van der Waals surface area contributed by atoms with Gasteiger partial charge in [0.05, 0.1) is 0 Å². The fraction of sp³-hybridized carbons (Fsp3) is 0.538. The Hall–Kier alpha value is -0.960. The molecule has 2 N–H and O–H groups in total. The Morgan fingerprint density at radius 1 is 1.31 bits per heavy atom. The summed E-state index contributed by atoms with van der Waals surface area (Å²) >= 11 is 0. The first-order valence-electron chi connectivity index (χ1n) is 5.75. The lowest BCUT2D eigenvalue weighted by atomic mass is 9.93. The van der Waals surface area contributed by atoms with E-state index in [0.717, 1.165) is 25.3 Å². The van der Waals surface area contributed by atoms with Gasteiger partial charge in [-0.3, -0.25) is 0 Å². The highest BCUT2D eigenvalue weighted by Crippen LogP contribution is 2.24. The van der Waals surface area contributed by atoms with Crippen molar-refractivity contribution < 1.29 is 8.78 Å². The van der Waals surface area contributed by atoms with Crippen LogP contribution in [0.15, 0.2) is 18.2 Å². The van der Waals surface area contributed by atoms with E-state index >= 15 is 0 Å². The molecule has 0 fully saturated rings. The van der Waals surface area contributed by atoms with Gasteiger partial charge in [-0.05, 0) is 18.4 Å². The maximum atomic E-state index is 13.4. The highest BCUT2D eigenvalue weighted by molar-refractivity contribution is 5.21. The summed E-state index contributed by atoms with van der Waals surface area (Å²) in [6.07, 6.45) is 2.91. The molecule has 3 heteroatoms. The molecule has 0 aliphatic carbocycles. The quantitative estimate of drug-likeness (QED) is 0.813. The predicted octanol–water partition coefficient (Wildman–Crippen LogP) is 3.79. The van der Waals surface area contributed by atoms with Crippen molar-refractivity contribution in [2.75, 3.05) is 0 Å². The zero-order valence-corrected chi connectivity index (χ0v) is 9.84. The van der Waals surface area contributed by atoms with Gasteiger partial charge < -0.3 is 5.73 Å². The number of rotatable bonds is 5. The first-order valence-corrected chi connectivity index (χ1v) is 5.75. The summed E-state index contributed by atoms with van der Waals surface area (Å²) in [5.41, 5.74) is 6.32. The summed E-state index contributed by atoms with van der Waals surface area (Å²) in [5, 5.41) is 0. The minimum Gasteiger partial charge on any atom is -0.324 e. The van der Waals surface area contributed by atoms with Gasteiger partial charge in [0.25, 0.3) is 0 Å². The van der Waals surface area contributed by atoms with Crippen molar-refractivity contribution >= 4 is 0 Å². The molecule has 1 nitrogen and oxygen atoms in total. The highest BCUT2D eigenvalue weighted by atomic mass is 19.1. The van der Waals surface area contributed by atoms with Crippen molar-refractivity contribution in [2.45, 2.75) is 39.2 Å². The van der Waals surface area contributed by atoms with Gasteiger partial charge in [-0.25, -0.2) is 8.78 Å². The standard InChI is InChI=1S/C13H19F2N/c1-3-4-9(2)7-13(16)11-6-5-10(14)8-12(11)15/h5-6,8-9,13H,3-4,7,16H2,1-2H3. The van der Waals surface area contributed by atoms with Crippen LogP contribution in [0.5, 0.6) is 0 Å². The number of nitrogens with two attached hydrogens (primary N) is 1. The average Bonchev–Trinajstić information content (AvgIpc) is 2.17. The van der Waals surface area contributed by atoms with Gasteiger partial charge in [0.2, 0.25) is 0 Å². The van der Waals surface area contributed by atoms with Crippen LogP contribution in [0.3, 0.4) is 0 Å². The Balaban J connectivity index is 2.69. The monoisotopic (exact) mass is 227 g/mol. The summed E-state index contributed by atoms with van der Waals surface area (Å²) in [6, 6.07) is 3.23. The summed E-state index contributed by atoms with van der Waals surface area (Å²) in [5.74, 6) is -0.643. The minimum absolute atomic E-state index is 0.345. The van der Waals surface area contributed by atoms with E-state index in [1.165, 1.54) is 12.1 Å². The van der Waals surface area contributed by atoms with Gasteiger partial charge >= 0.3 is 0 Å². The molecule has 0 amide bonds. The number of hydrogen-bond acceptors (Lipinski definition) is 1. The van der Waals surface area contributed by atoms with E-state index in [-0.39, 0.29) is 6.04 Å². The smallest absolute Gasteiger partial charge is 0.130 e. The maximum absolute atomic E-state index is 13.4. The van der Waals surface area contributed by atoms with Crippen LogP contribution in [0, 0.1) is 17.6 Å². The summed E-state index contributed by atoms with van der Waals surface area (Å²) in [6.45, 7) is 4.21. The second-order valence-corrected chi connectivity index (χ2v) is 4.40. The van der Waals surface area contributed by atoms with Crippen LogP contribution in [0.1, 0.15) is 44.7 Å². The molecular formula is C13H19F2N. The highest BCUT2D eigenvalue weighted by Gasteiger charge is 2.14. The summed E-state index contributed by atoms with van der Waals surface area (Å²) < 4.78 is 26.1. The fourth-order valence-corrected chi connectivity index (χ4v) is 1.97. The van der Waals surface area contributed by atoms with E-state index in [0.29, 0.717) is 11.5 Å². The average molecular weight is 227 g/mol. The molecule has 2 atom stereocenters. The van der Waals surface area contributed by atoms with Crippen LogP contribution < -0.4 is 5.73 Å². The Labute approximate surface area is 95.7 Å². The van der Waals surface area contributed by atoms with E-state index in [9.17, 15) is 8.78 Å². The van der Waals surface area contributed by atoms with Crippen LogP contribution in [0.25, 0.3) is 0 Å². The third kappa shape index (κ3) is 3.56. The summed E-state index contributed by atoms with van der Waals surface area (Å²) in [7, 11) is 0. The molecule has 2 unspecified atom stereocenters. The Bertz CT molecular complexity index is 339. The van der Waals surface area contributed by atoms with E-state index in [4.69, 9.17) is 5.73 Å². The number of halogens is 2. The number of benzene rings is 1. The molecule has 0 aromatic heterocycles. The molecule has 1 aromatic rings. The lowest BCUT2D eigenvalue weighted by Gasteiger charge is -2.17. The van der Waals surface area contributed by atoms with Crippen molar-refractivity contribution in [1.29, 1.82) is 0 Å². The zero-order chi connectivity index (χ0) is 12.1. The van der Waals surface area contributed by atoms with E-state index < -0.39 is 11.6 Å². The van der Waals surface area contributed by atoms with Crippen LogP contribution in [-0.2, 0) is 0 Å². The maximum Gasteiger partial charge on any atom is 0.130 e.